The van der Waals surface area contributed by atoms with Crippen molar-refractivity contribution in [2.75, 3.05) is 37.7 Å². The Morgan fingerprint density at radius 3 is 2.53 bits per heavy atom. The number of nitrogens with zero attached hydrogens (tertiary/aromatic N) is 5. The lowest BCUT2D eigenvalue weighted by atomic mass is 10.1. The number of anilines is 1. The van der Waals surface area contributed by atoms with Crippen molar-refractivity contribution in [1.29, 1.82) is 0 Å². The fraction of sp³-hybridized carbons (Fsp3) is 0.308. The number of carbonyl (C=O) groups excluding carboxylic acids is 1. The Kier molecular flexibility index (Phi) is 6.12. The van der Waals surface area contributed by atoms with Gasteiger partial charge in [0.15, 0.2) is 6.61 Å². The highest BCUT2D eigenvalue weighted by atomic mass is 16.5. The second kappa shape index (κ2) is 9.51. The van der Waals surface area contributed by atoms with Crippen LogP contribution in [0, 0.1) is 0 Å². The molecule has 2 aromatic heterocycles. The molecule has 1 fully saturated rings. The molecule has 0 N–H and O–H groups in total. The highest BCUT2D eigenvalue weighted by Gasteiger charge is 2.22. The fourth-order valence-electron chi connectivity index (χ4n) is 3.97. The molecule has 8 nitrogen and oxygen atoms in total. The number of benzene rings is 2. The van der Waals surface area contributed by atoms with Gasteiger partial charge in [-0.15, -0.1) is 0 Å². The van der Waals surface area contributed by atoms with E-state index in [0.717, 1.165) is 22.2 Å². The smallest absolute Gasteiger partial charge is 0.260 e. The van der Waals surface area contributed by atoms with Crippen LogP contribution in [0.4, 0.5) is 5.82 Å². The van der Waals surface area contributed by atoms with Crippen molar-refractivity contribution in [3.05, 3.63) is 66.7 Å². The van der Waals surface area contributed by atoms with Gasteiger partial charge in [-0.1, -0.05) is 49.3 Å². The van der Waals surface area contributed by atoms with Gasteiger partial charge >= 0.3 is 0 Å². The van der Waals surface area contributed by atoms with E-state index in [1.807, 2.05) is 67.3 Å². The Morgan fingerprint density at radius 1 is 1.03 bits per heavy atom. The van der Waals surface area contributed by atoms with Crippen molar-refractivity contribution in [3.63, 3.8) is 0 Å². The first-order chi connectivity index (χ1) is 16.6. The van der Waals surface area contributed by atoms with Crippen LogP contribution in [-0.2, 0) is 4.79 Å². The van der Waals surface area contributed by atoms with Gasteiger partial charge in [0.1, 0.15) is 11.6 Å². The van der Waals surface area contributed by atoms with Crippen molar-refractivity contribution in [1.82, 2.24) is 20.0 Å². The molecule has 2 aromatic carbocycles. The third-order valence-corrected chi connectivity index (χ3v) is 5.98. The van der Waals surface area contributed by atoms with Crippen LogP contribution in [0.5, 0.6) is 5.75 Å². The minimum Gasteiger partial charge on any atom is -0.484 e. The minimum atomic E-state index is -0.00539. The van der Waals surface area contributed by atoms with E-state index in [9.17, 15) is 4.79 Å². The quantitative estimate of drug-likeness (QED) is 0.430. The second-order valence-electron chi connectivity index (χ2n) is 8.68. The van der Waals surface area contributed by atoms with Crippen LogP contribution in [0.15, 0.2) is 65.3 Å². The summed E-state index contributed by atoms with van der Waals surface area (Å²) in [6, 6.07) is 17.9. The molecule has 34 heavy (non-hydrogen) atoms. The van der Waals surface area contributed by atoms with Crippen molar-refractivity contribution in [3.8, 4) is 17.1 Å². The van der Waals surface area contributed by atoms with E-state index >= 15 is 0 Å². The Hall–Kier alpha value is -3.94. The number of pyridine rings is 1. The predicted molar refractivity (Wildman–Crippen MR) is 130 cm³/mol. The molecule has 0 saturated carbocycles. The van der Waals surface area contributed by atoms with Crippen LogP contribution in [0.25, 0.3) is 22.2 Å². The number of fused-ring (bicyclic) bond motifs is 1. The third kappa shape index (κ3) is 4.71. The SMILES string of the molecule is CC(C)c1nc(-c2ccc(N3CCN(C(=O)COc4ccc5ccccc5c4)CC3)nc2)no1. The molecule has 0 radical (unpaired) electrons. The Morgan fingerprint density at radius 2 is 1.82 bits per heavy atom. The summed E-state index contributed by atoms with van der Waals surface area (Å²) < 4.78 is 11.1. The summed E-state index contributed by atoms with van der Waals surface area (Å²) in [4.78, 5) is 25.7. The highest BCUT2D eigenvalue weighted by molar-refractivity contribution is 5.84. The van der Waals surface area contributed by atoms with Gasteiger partial charge in [-0.05, 0) is 35.0 Å². The van der Waals surface area contributed by atoms with Gasteiger partial charge in [-0.25, -0.2) is 4.98 Å². The lowest BCUT2D eigenvalue weighted by Gasteiger charge is -2.35. The molecule has 3 heterocycles. The lowest BCUT2D eigenvalue weighted by Crippen LogP contribution is -2.50. The van der Waals surface area contributed by atoms with Crippen LogP contribution < -0.4 is 9.64 Å². The normalized spacial score (nSPS) is 14.1. The molecular weight excluding hydrogens is 430 g/mol. The largest absolute Gasteiger partial charge is 0.484 e. The van der Waals surface area contributed by atoms with Gasteiger partial charge in [-0.3, -0.25) is 4.79 Å². The van der Waals surface area contributed by atoms with E-state index in [4.69, 9.17) is 9.26 Å². The summed E-state index contributed by atoms with van der Waals surface area (Å²) in [5.74, 6) is 2.92. The molecule has 174 valence electrons. The van der Waals surface area contributed by atoms with Crippen molar-refractivity contribution in [2.24, 2.45) is 0 Å². The average molecular weight is 458 g/mol. The number of aromatic nitrogens is 3. The van der Waals surface area contributed by atoms with Gasteiger partial charge in [0.05, 0.1) is 0 Å². The third-order valence-electron chi connectivity index (χ3n) is 5.98. The first kappa shape index (κ1) is 21.9. The van der Waals surface area contributed by atoms with Gasteiger partial charge < -0.3 is 19.1 Å². The number of carbonyl (C=O) groups is 1. The van der Waals surface area contributed by atoms with Crippen molar-refractivity contribution < 1.29 is 14.1 Å². The van der Waals surface area contributed by atoms with Crippen LogP contribution >= 0.6 is 0 Å². The zero-order valence-electron chi connectivity index (χ0n) is 19.3. The van der Waals surface area contributed by atoms with Crippen molar-refractivity contribution >= 4 is 22.5 Å². The van der Waals surface area contributed by atoms with E-state index in [0.29, 0.717) is 43.6 Å². The zero-order valence-corrected chi connectivity index (χ0v) is 19.3. The standard InChI is InChI=1S/C26H27N5O3/c1-18(2)26-28-25(29-34-26)21-8-10-23(27-16-21)30-11-13-31(14-12-30)24(32)17-33-22-9-7-19-5-3-4-6-20(19)15-22/h3-10,15-16,18H,11-14,17H2,1-2H3. The van der Waals surface area contributed by atoms with Crippen LogP contribution in [0.3, 0.4) is 0 Å². The predicted octanol–water partition coefficient (Wildman–Crippen LogP) is 4.14. The molecule has 8 heteroatoms. The molecule has 1 saturated heterocycles. The maximum absolute atomic E-state index is 12.7. The summed E-state index contributed by atoms with van der Waals surface area (Å²) in [7, 11) is 0. The minimum absolute atomic E-state index is 0.00539. The summed E-state index contributed by atoms with van der Waals surface area (Å²) in [6.45, 7) is 6.75. The number of rotatable bonds is 6. The van der Waals surface area contributed by atoms with Crippen LogP contribution in [0.1, 0.15) is 25.7 Å². The molecular formula is C26H27N5O3. The average Bonchev–Trinajstić information content (AvgIpc) is 3.38. The molecule has 1 aliphatic rings. The second-order valence-corrected chi connectivity index (χ2v) is 8.68. The molecule has 5 rings (SSSR count). The first-order valence-electron chi connectivity index (χ1n) is 11.5. The van der Waals surface area contributed by atoms with E-state index in [1.165, 1.54) is 0 Å². The topological polar surface area (TPSA) is 84.6 Å². The van der Waals surface area contributed by atoms with Gasteiger partial charge in [0.2, 0.25) is 11.7 Å². The molecule has 0 aliphatic carbocycles. The maximum Gasteiger partial charge on any atom is 0.260 e. The number of amides is 1. The van der Waals surface area contributed by atoms with E-state index in [2.05, 4.69) is 26.1 Å². The number of hydrogen-bond acceptors (Lipinski definition) is 7. The molecule has 0 atom stereocenters. The van der Waals surface area contributed by atoms with Crippen LogP contribution in [-0.4, -0.2) is 58.7 Å². The van der Waals surface area contributed by atoms with E-state index < -0.39 is 0 Å². The zero-order chi connectivity index (χ0) is 23.5. The number of ether oxygens (including phenoxy) is 1. The number of piperazine rings is 1. The lowest BCUT2D eigenvalue weighted by molar-refractivity contribution is -0.133. The van der Waals surface area contributed by atoms with Gasteiger partial charge in [0.25, 0.3) is 5.91 Å². The first-order valence-corrected chi connectivity index (χ1v) is 11.5. The molecule has 0 spiro atoms. The molecule has 4 aromatic rings. The van der Waals surface area contributed by atoms with Gasteiger partial charge in [-0.2, -0.15) is 4.98 Å². The highest BCUT2D eigenvalue weighted by Crippen LogP contribution is 2.22. The molecule has 1 aliphatic heterocycles. The van der Waals surface area contributed by atoms with E-state index in [-0.39, 0.29) is 18.4 Å². The Bertz CT molecular complexity index is 1280. The summed E-state index contributed by atoms with van der Waals surface area (Å²) in [5.41, 5.74) is 0.819. The summed E-state index contributed by atoms with van der Waals surface area (Å²) >= 11 is 0. The van der Waals surface area contributed by atoms with Gasteiger partial charge in [0, 0.05) is 43.9 Å². The molecule has 0 unspecified atom stereocenters. The van der Waals surface area contributed by atoms with Crippen LogP contribution in [0.2, 0.25) is 0 Å². The summed E-state index contributed by atoms with van der Waals surface area (Å²) in [6.07, 6.45) is 1.76. The molecule has 0 bridgehead atoms. The molecule has 1 amide bonds. The maximum atomic E-state index is 12.7. The monoisotopic (exact) mass is 457 g/mol. The Balaban J connectivity index is 1.13. The summed E-state index contributed by atoms with van der Waals surface area (Å²) in [5, 5.41) is 6.28. The number of hydrogen-bond donors (Lipinski definition) is 0. The Labute approximate surface area is 198 Å². The fourth-order valence-corrected chi connectivity index (χ4v) is 3.97. The van der Waals surface area contributed by atoms with E-state index in [1.54, 1.807) is 6.20 Å². The van der Waals surface area contributed by atoms with Crippen molar-refractivity contribution in [2.45, 2.75) is 19.8 Å².